The van der Waals surface area contributed by atoms with Gasteiger partial charge in [0.25, 0.3) is 0 Å². The summed E-state index contributed by atoms with van der Waals surface area (Å²) in [5.74, 6) is -0.382. The third-order valence-electron chi connectivity index (χ3n) is 3.65. The van der Waals surface area contributed by atoms with Crippen molar-refractivity contribution in [2.75, 3.05) is 7.05 Å². The molecule has 3 rings (SSSR count). The van der Waals surface area contributed by atoms with Gasteiger partial charge >= 0.3 is 0 Å². The van der Waals surface area contributed by atoms with Crippen LogP contribution in [0.5, 0.6) is 0 Å². The predicted octanol–water partition coefficient (Wildman–Crippen LogP) is 4.92. The Morgan fingerprint density at radius 3 is 2.83 bits per heavy atom. The maximum atomic E-state index is 14.2. The molecule has 0 aliphatic rings. The summed E-state index contributed by atoms with van der Waals surface area (Å²) in [7, 11) is 1.73. The quantitative estimate of drug-likeness (QED) is 0.628. The molecule has 23 heavy (non-hydrogen) atoms. The van der Waals surface area contributed by atoms with E-state index in [1.54, 1.807) is 36.3 Å². The summed E-state index contributed by atoms with van der Waals surface area (Å²) in [6.07, 6.45) is 5.30. The highest BCUT2D eigenvalue weighted by molar-refractivity contribution is 6.30. The molecular weight excluding hydrogens is 313 g/mol. The first-order valence-electron chi connectivity index (χ1n) is 7.12. The van der Waals surface area contributed by atoms with Gasteiger partial charge in [-0.25, -0.2) is 9.37 Å². The van der Waals surface area contributed by atoms with Crippen molar-refractivity contribution in [2.24, 2.45) is 4.99 Å². The van der Waals surface area contributed by atoms with E-state index in [0.29, 0.717) is 10.7 Å². The third-order valence-corrected chi connectivity index (χ3v) is 3.88. The van der Waals surface area contributed by atoms with E-state index in [1.807, 2.05) is 31.2 Å². The molecule has 0 fully saturated rings. The van der Waals surface area contributed by atoms with Crippen LogP contribution >= 0.6 is 11.6 Å². The standard InChI is InChI=1S/C18H15ClFN3/c1-12(7-8-21-2)13-3-5-16-18(9-13)23(11-22-16)17-6-4-14(19)10-15(17)20/h3-11H,1-2H3/b12-7+,21-8?. The molecule has 0 aliphatic heterocycles. The summed E-state index contributed by atoms with van der Waals surface area (Å²) in [5, 5.41) is 0.369. The summed E-state index contributed by atoms with van der Waals surface area (Å²) in [6.45, 7) is 2.01. The van der Waals surface area contributed by atoms with Gasteiger partial charge in [0, 0.05) is 18.3 Å². The Labute approximate surface area is 138 Å². The van der Waals surface area contributed by atoms with Gasteiger partial charge in [0.15, 0.2) is 0 Å². The van der Waals surface area contributed by atoms with Gasteiger partial charge in [-0.1, -0.05) is 17.7 Å². The van der Waals surface area contributed by atoms with Gasteiger partial charge in [0.1, 0.15) is 12.1 Å². The zero-order valence-corrected chi connectivity index (χ0v) is 13.5. The second-order valence-corrected chi connectivity index (χ2v) is 5.61. The molecule has 0 aliphatic carbocycles. The topological polar surface area (TPSA) is 30.2 Å². The van der Waals surface area contributed by atoms with Crippen molar-refractivity contribution in [3.05, 3.63) is 65.2 Å². The minimum atomic E-state index is -0.382. The van der Waals surface area contributed by atoms with Gasteiger partial charge in [0.2, 0.25) is 0 Å². The third kappa shape index (κ3) is 3.03. The highest BCUT2D eigenvalue weighted by Gasteiger charge is 2.10. The SMILES string of the molecule is CN=C/C=C(\C)c1ccc2ncn(-c3ccc(Cl)cc3F)c2c1. The molecular formula is C18H15ClFN3. The Hall–Kier alpha value is -2.46. The Balaban J connectivity index is 2.15. The number of nitrogens with zero attached hydrogens (tertiary/aromatic N) is 3. The van der Waals surface area contributed by atoms with Crippen LogP contribution in [0.25, 0.3) is 22.3 Å². The molecule has 0 amide bonds. The van der Waals surface area contributed by atoms with E-state index in [1.165, 1.54) is 6.07 Å². The smallest absolute Gasteiger partial charge is 0.148 e. The van der Waals surface area contributed by atoms with Crippen LogP contribution in [0.1, 0.15) is 12.5 Å². The number of rotatable bonds is 3. The Bertz CT molecular complexity index is 925. The molecule has 1 aromatic heterocycles. The number of hydrogen-bond donors (Lipinski definition) is 0. The normalized spacial score (nSPS) is 12.4. The molecule has 0 bridgehead atoms. The van der Waals surface area contributed by atoms with Crippen LogP contribution in [0.2, 0.25) is 5.02 Å². The number of imidazole rings is 1. The van der Waals surface area contributed by atoms with Crippen molar-refractivity contribution in [3.63, 3.8) is 0 Å². The number of hydrogen-bond acceptors (Lipinski definition) is 2. The van der Waals surface area contributed by atoms with Crippen molar-refractivity contribution in [2.45, 2.75) is 6.92 Å². The van der Waals surface area contributed by atoms with E-state index in [2.05, 4.69) is 9.98 Å². The average Bonchev–Trinajstić information content (AvgIpc) is 2.95. The molecule has 1 heterocycles. The van der Waals surface area contributed by atoms with Crippen LogP contribution in [0.3, 0.4) is 0 Å². The zero-order valence-electron chi connectivity index (χ0n) is 12.8. The Morgan fingerprint density at radius 1 is 1.26 bits per heavy atom. The van der Waals surface area contributed by atoms with Gasteiger partial charge in [-0.05, 0) is 54.5 Å². The molecule has 5 heteroatoms. The number of allylic oxidation sites excluding steroid dienone is 2. The van der Waals surface area contributed by atoms with Crippen LogP contribution in [-0.2, 0) is 0 Å². The number of aliphatic imine (C=N–C) groups is 1. The average molecular weight is 328 g/mol. The van der Waals surface area contributed by atoms with Crippen LogP contribution in [0.4, 0.5) is 4.39 Å². The van der Waals surface area contributed by atoms with E-state index in [9.17, 15) is 4.39 Å². The van der Waals surface area contributed by atoms with Gasteiger partial charge in [0.05, 0.1) is 16.7 Å². The summed E-state index contributed by atoms with van der Waals surface area (Å²) >= 11 is 5.83. The first-order chi connectivity index (χ1) is 11.1. The summed E-state index contributed by atoms with van der Waals surface area (Å²) in [4.78, 5) is 8.30. The predicted molar refractivity (Wildman–Crippen MR) is 94.1 cm³/mol. The fraction of sp³-hybridized carbons (Fsp3) is 0.111. The van der Waals surface area contributed by atoms with E-state index >= 15 is 0 Å². The molecule has 0 radical (unpaired) electrons. The highest BCUT2D eigenvalue weighted by Crippen LogP contribution is 2.25. The Morgan fingerprint density at radius 2 is 2.09 bits per heavy atom. The van der Waals surface area contributed by atoms with Crippen molar-refractivity contribution in [3.8, 4) is 5.69 Å². The second-order valence-electron chi connectivity index (χ2n) is 5.17. The zero-order chi connectivity index (χ0) is 16.4. The molecule has 116 valence electrons. The van der Waals surface area contributed by atoms with Gasteiger partial charge in [-0.3, -0.25) is 9.56 Å². The highest BCUT2D eigenvalue weighted by atomic mass is 35.5. The monoisotopic (exact) mass is 327 g/mol. The van der Waals surface area contributed by atoms with E-state index in [4.69, 9.17) is 11.6 Å². The van der Waals surface area contributed by atoms with Crippen LogP contribution < -0.4 is 0 Å². The number of aromatic nitrogens is 2. The minimum Gasteiger partial charge on any atom is -0.297 e. The van der Waals surface area contributed by atoms with Gasteiger partial charge in [-0.2, -0.15) is 0 Å². The van der Waals surface area contributed by atoms with Crippen LogP contribution in [-0.4, -0.2) is 22.8 Å². The van der Waals surface area contributed by atoms with Crippen molar-refractivity contribution in [1.29, 1.82) is 0 Å². The van der Waals surface area contributed by atoms with Crippen molar-refractivity contribution >= 4 is 34.4 Å². The number of fused-ring (bicyclic) bond motifs is 1. The molecule has 0 spiro atoms. The van der Waals surface area contributed by atoms with E-state index < -0.39 is 0 Å². The Kier molecular flexibility index (Phi) is 4.26. The molecule has 0 saturated heterocycles. The van der Waals surface area contributed by atoms with Gasteiger partial charge in [-0.15, -0.1) is 0 Å². The fourth-order valence-electron chi connectivity index (χ4n) is 2.40. The lowest BCUT2D eigenvalue weighted by molar-refractivity contribution is 0.619. The van der Waals surface area contributed by atoms with Crippen LogP contribution in [0, 0.1) is 5.82 Å². The second kappa shape index (κ2) is 6.34. The largest absolute Gasteiger partial charge is 0.297 e. The minimum absolute atomic E-state index is 0.369. The van der Waals surface area contributed by atoms with E-state index in [-0.39, 0.29) is 5.82 Å². The summed E-state index contributed by atoms with van der Waals surface area (Å²) < 4.78 is 15.9. The first kappa shape index (κ1) is 15.4. The molecule has 0 saturated carbocycles. The summed E-state index contributed by atoms with van der Waals surface area (Å²) in [6, 6.07) is 10.5. The lowest BCUT2D eigenvalue weighted by atomic mass is 10.1. The molecule has 3 nitrogen and oxygen atoms in total. The molecule has 0 unspecified atom stereocenters. The van der Waals surface area contributed by atoms with Crippen molar-refractivity contribution < 1.29 is 4.39 Å². The molecule has 0 N–H and O–H groups in total. The fourth-order valence-corrected chi connectivity index (χ4v) is 2.56. The number of halogens is 2. The lowest BCUT2D eigenvalue weighted by Crippen LogP contribution is -1.96. The maximum absolute atomic E-state index is 14.2. The number of benzene rings is 2. The molecule has 2 aromatic carbocycles. The maximum Gasteiger partial charge on any atom is 0.148 e. The van der Waals surface area contributed by atoms with Crippen molar-refractivity contribution in [1.82, 2.24) is 9.55 Å². The first-order valence-corrected chi connectivity index (χ1v) is 7.50. The van der Waals surface area contributed by atoms with Crippen LogP contribution in [0.15, 0.2) is 53.8 Å². The van der Waals surface area contributed by atoms with Gasteiger partial charge < -0.3 is 0 Å². The van der Waals surface area contributed by atoms with E-state index in [0.717, 1.165) is 22.2 Å². The lowest BCUT2D eigenvalue weighted by Gasteiger charge is -2.07. The molecule has 0 atom stereocenters. The molecule has 3 aromatic rings. The summed E-state index contributed by atoms with van der Waals surface area (Å²) in [5.41, 5.74) is 4.17.